The van der Waals surface area contributed by atoms with Crippen LogP contribution in [0.15, 0.2) is 18.2 Å². The largest absolute Gasteiger partial charge is 0.758 e. The topological polar surface area (TPSA) is 35.5 Å². The molecular formula is C13H17ClNO2-. The Bertz CT molecular complexity index is 370. The van der Waals surface area contributed by atoms with Crippen LogP contribution >= 0.6 is 11.6 Å². The monoisotopic (exact) mass is 254 g/mol. The van der Waals surface area contributed by atoms with Gasteiger partial charge >= 0.3 is 0 Å². The zero-order valence-electron chi connectivity index (χ0n) is 9.82. The van der Waals surface area contributed by atoms with Crippen molar-refractivity contribution in [3.63, 3.8) is 0 Å². The fourth-order valence-electron chi connectivity index (χ4n) is 2.00. The lowest BCUT2D eigenvalue weighted by molar-refractivity contribution is 0.309. The van der Waals surface area contributed by atoms with E-state index in [9.17, 15) is 5.21 Å². The van der Waals surface area contributed by atoms with Gasteiger partial charge in [-0.1, -0.05) is 6.07 Å². The van der Waals surface area contributed by atoms with Crippen molar-refractivity contribution in [2.45, 2.75) is 25.7 Å². The molecule has 0 spiro atoms. The number of aryl methyl sites for hydroxylation is 1. The standard InChI is InChI=1S/C13H17ClNO2/c14-7-1-2-9-17-12-6-5-11-4-3-8-15(16)13(11)10-12/h5-6,10H,1-4,7-9H2/q-1. The van der Waals surface area contributed by atoms with Crippen LogP contribution in [0.4, 0.5) is 5.69 Å². The molecule has 0 unspecified atom stereocenters. The fourth-order valence-corrected chi connectivity index (χ4v) is 2.19. The number of fused-ring (bicyclic) bond motifs is 1. The van der Waals surface area contributed by atoms with Gasteiger partial charge in [-0.05, 0) is 37.3 Å². The predicted octanol–water partition coefficient (Wildman–Crippen LogP) is 3.33. The van der Waals surface area contributed by atoms with Gasteiger partial charge in [0.05, 0.1) is 6.61 Å². The Morgan fingerprint density at radius 2 is 2.24 bits per heavy atom. The SMILES string of the molecule is [O-]N1CCCc2ccc(OCCCCCl)cc21. The van der Waals surface area contributed by atoms with Gasteiger partial charge in [0.1, 0.15) is 5.75 Å². The van der Waals surface area contributed by atoms with Crippen LogP contribution in [0, 0.1) is 5.21 Å². The summed E-state index contributed by atoms with van der Waals surface area (Å²) in [5, 5.41) is 12.7. The smallest absolute Gasteiger partial charge is 0.121 e. The summed E-state index contributed by atoms with van der Waals surface area (Å²) in [5.41, 5.74) is 1.89. The fraction of sp³-hybridized carbons (Fsp3) is 0.538. The number of rotatable bonds is 5. The Hall–Kier alpha value is -0.930. The van der Waals surface area contributed by atoms with E-state index in [-0.39, 0.29) is 0 Å². The lowest BCUT2D eigenvalue weighted by atomic mass is 10.0. The highest BCUT2D eigenvalue weighted by Gasteiger charge is 2.11. The van der Waals surface area contributed by atoms with Crippen LogP contribution in [0.25, 0.3) is 0 Å². The van der Waals surface area contributed by atoms with E-state index in [2.05, 4.69) is 0 Å². The molecule has 3 nitrogen and oxygen atoms in total. The first-order valence-electron chi connectivity index (χ1n) is 6.07. The first-order valence-corrected chi connectivity index (χ1v) is 6.61. The Labute approximate surface area is 107 Å². The number of halogens is 1. The third kappa shape index (κ3) is 3.27. The maximum atomic E-state index is 11.7. The van der Waals surface area contributed by atoms with Crippen LogP contribution in [0.2, 0.25) is 0 Å². The Morgan fingerprint density at radius 1 is 1.35 bits per heavy atom. The molecule has 0 fully saturated rings. The molecule has 4 heteroatoms. The second kappa shape index (κ2) is 6.12. The number of hydrogen-bond donors (Lipinski definition) is 0. The number of unbranched alkanes of at least 4 members (excludes halogenated alkanes) is 1. The molecule has 2 rings (SSSR count). The highest BCUT2D eigenvalue weighted by atomic mass is 35.5. The Morgan fingerprint density at radius 3 is 3.06 bits per heavy atom. The number of anilines is 1. The van der Waals surface area contributed by atoms with Crippen LogP contribution in [0.1, 0.15) is 24.8 Å². The number of hydroxylamine groups is 1. The quantitative estimate of drug-likeness (QED) is 0.597. The van der Waals surface area contributed by atoms with Gasteiger partial charge < -0.3 is 15.0 Å². The molecule has 0 bridgehead atoms. The van der Waals surface area contributed by atoms with Crippen molar-refractivity contribution >= 4 is 17.3 Å². The normalized spacial score (nSPS) is 14.6. The van der Waals surface area contributed by atoms with Crippen molar-refractivity contribution in [2.75, 3.05) is 24.1 Å². The number of ether oxygens (including phenoxy) is 1. The molecular weight excluding hydrogens is 238 g/mol. The van der Waals surface area contributed by atoms with Crippen LogP contribution in [-0.4, -0.2) is 19.0 Å². The zero-order valence-corrected chi connectivity index (χ0v) is 10.6. The van der Waals surface area contributed by atoms with Gasteiger partial charge in [0, 0.05) is 24.2 Å². The van der Waals surface area contributed by atoms with Crippen molar-refractivity contribution < 1.29 is 4.74 Å². The van der Waals surface area contributed by atoms with Crippen molar-refractivity contribution in [1.82, 2.24) is 0 Å². The summed E-state index contributed by atoms with van der Waals surface area (Å²) in [6.07, 6.45) is 3.83. The van der Waals surface area contributed by atoms with E-state index in [0.717, 1.165) is 47.7 Å². The molecule has 94 valence electrons. The molecule has 0 aromatic heterocycles. The summed E-state index contributed by atoms with van der Waals surface area (Å²) < 4.78 is 5.60. The summed E-state index contributed by atoms with van der Waals surface area (Å²) in [6, 6.07) is 5.79. The maximum Gasteiger partial charge on any atom is 0.121 e. The maximum absolute atomic E-state index is 11.7. The average Bonchev–Trinajstić information content (AvgIpc) is 2.36. The molecule has 0 aliphatic carbocycles. The minimum absolute atomic E-state index is 0.586. The van der Waals surface area contributed by atoms with E-state index in [1.165, 1.54) is 0 Å². The van der Waals surface area contributed by atoms with E-state index in [1.54, 1.807) is 0 Å². The molecule has 1 heterocycles. The van der Waals surface area contributed by atoms with Crippen molar-refractivity contribution in [2.24, 2.45) is 0 Å². The number of alkyl halides is 1. The van der Waals surface area contributed by atoms with Crippen LogP contribution < -0.4 is 9.80 Å². The van der Waals surface area contributed by atoms with E-state index in [0.29, 0.717) is 19.0 Å². The van der Waals surface area contributed by atoms with Crippen LogP contribution in [-0.2, 0) is 6.42 Å². The summed E-state index contributed by atoms with van der Waals surface area (Å²) in [5.74, 6) is 1.45. The molecule has 1 aromatic rings. The summed E-state index contributed by atoms with van der Waals surface area (Å²) >= 11 is 5.59. The molecule has 0 atom stereocenters. The molecule has 0 radical (unpaired) electrons. The molecule has 0 amide bonds. The first-order chi connectivity index (χ1) is 8.31. The van der Waals surface area contributed by atoms with Crippen LogP contribution in [0.5, 0.6) is 5.75 Å². The molecule has 1 aliphatic rings. The summed E-state index contributed by atoms with van der Waals surface area (Å²) in [7, 11) is 0. The van der Waals surface area contributed by atoms with Gasteiger partial charge in [-0.2, -0.15) is 0 Å². The molecule has 0 N–H and O–H groups in total. The third-order valence-electron chi connectivity index (χ3n) is 2.93. The Balaban J connectivity index is 1.97. The first kappa shape index (κ1) is 12.5. The second-order valence-electron chi connectivity index (χ2n) is 4.24. The van der Waals surface area contributed by atoms with Crippen molar-refractivity contribution in [3.8, 4) is 5.75 Å². The van der Waals surface area contributed by atoms with Crippen molar-refractivity contribution in [3.05, 3.63) is 29.0 Å². The summed E-state index contributed by atoms with van der Waals surface area (Å²) in [6.45, 7) is 1.24. The minimum atomic E-state index is 0.586. The van der Waals surface area contributed by atoms with Gasteiger partial charge in [-0.25, -0.2) is 0 Å². The minimum Gasteiger partial charge on any atom is -0.758 e. The van der Waals surface area contributed by atoms with Gasteiger partial charge in [0.2, 0.25) is 0 Å². The molecule has 17 heavy (non-hydrogen) atoms. The van der Waals surface area contributed by atoms with Gasteiger partial charge in [-0.15, -0.1) is 11.6 Å². The van der Waals surface area contributed by atoms with E-state index < -0.39 is 0 Å². The second-order valence-corrected chi connectivity index (χ2v) is 4.62. The Kier molecular flexibility index (Phi) is 4.51. The molecule has 0 saturated carbocycles. The van der Waals surface area contributed by atoms with E-state index >= 15 is 0 Å². The van der Waals surface area contributed by atoms with E-state index in [4.69, 9.17) is 16.3 Å². The van der Waals surface area contributed by atoms with Gasteiger partial charge in [0.25, 0.3) is 0 Å². The van der Waals surface area contributed by atoms with Gasteiger partial charge in [-0.3, -0.25) is 0 Å². The molecule has 1 aliphatic heterocycles. The van der Waals surface area contributed by atoms with Crippen LogP contribution in [0.3, 0.4) is 0 Å². The van der Waals surface area contributed by atoms with Crippen molar-refractivity contribution in [1.29, 1.82) is 0 Å². The lowest BCUT2D eigenvalue weighted by Gasteiger charge is -2.36. The average molecular weight is 255 g/mol. The number of nitrogens with zero attached hydrogens (tertiary/aromatic N) is 1. The summed E-state index contributed by atoms with van der Waals surface area (Å²) in [4.78, 5) is 0. The zero-order chi connectivity index (χ0) is 12.1. The number of benzene rings is 1. The van der Waals surface area contributed by atoms with Gasteiger partial charge in [0.15, 0.2) is 0 Å². The number of hydrogen-bond acceptors (Lipinski definition) is 3. The highest BCUT2D eigenvalue weighted by Crippen LogP contribution is 2.30. The molecule has 0 saturated heterocycles. The predicted molar refractivity (Wildman–Crippen MR) is 70.9 cm³/mol. The van der Waals surface area contributed by atoms with E-state index in [1.807, 2.05) is 18.2 Å². The lowest BCUT2D eigenvalue weighted by Crippen LogP contribution is -2.22. The highest BCUT2D eigenvalue weighted by molar-refractivity contribution is 6.17. The third-order valence-corrected chi connectivity index (χ3v) is 3.20. The molecule has 1 aromatic carbocycles.